The smallest absolute Gasteiger partial charge is 0.236 e. The van der Waals surface area contributed by atoms with E-state index in [-0.39, 0.29) is 5.91 Å². The third kappa shape index (κ3) is 13.1. The molecule has 1 aromatic carbocycles. The Balaban J connectivity index is 0.000000212. The number of rotatable bonds is 8. The van der Waals surface area contributed by atoms with Gasteiger partial charge in [0.2, 0.25) is 12.3 Å². The molecule has 2 N–H and O–H groups in total. The van der Waals surface area contributed by atoms with Crippen LogP contribution in [-0.4, -0.2) is 49.4 Å². The van der Waals surface area contributed by atoms with E-state index in [9.17, 15) is 9.59 Å². The van der Waals surface area contributed by atoms with Gasteiger partial charge in [-0.15, -0.1) is 0 Å². The lowest BCUT2D eigenvalue weighted by molar-refractivity contribution is -0.130. The Morgan fingerprint density at radius 2 is 1.57 bits per heavy atom. The maximum Gasteiger partial charge on any atom is 0.236 e. The lowest BCUT2D eigenvalue weighted by Gasteiger charge is -2.21. The quantitative estimate of drug-likeness (QED) is 0.365. The van der Waals surface area contributed by atoms with Gasteiger partial charge in [0.05, 0.1) is 6.54 Å². The van der Waals surface area contributed by atoms with Crippen molar-refractivity contribution >= 4 is 12.3 Å². The molecule has 1 aromatic rings. The number of likely N-dealkylation sites (tertiary alicyclic amines) is 1. The van der Waals surface area contributed by atoms with Gasteiger partial charge in [0.25, 0.3) is 0 Å². The summed E-state index contributed by atoms with van der Waals surface area (Å²) in [6.07, 6.45) is 18.2. The molecule has 1 unspecified atom stereocenters. The molecule has 3 fully saturated rings. The summed E-state index contributed by atoms with van der Waals surface area (Å²) in [4.78, 5) is 23.9. The minimum Gasteiger partial charge on any atom is -0.358 e. The van der Waals surface area contributed by atoms with Crippen LogP contribution in [0.5, 0.6) is 0 Å². The highest BCUT2D eigenvalue weighted by atomic mass is 16.2. The van der Waals surface area contributed by atoms with Crippen LogP contribution >= 0.6 is 0 Å². The maximum absolute atomic E-state index is 11.9. The van der Waals surface area contributed by atoms with Gasteiger partial charge >= 0.3 is 0 Å². The lowest BCUT2D eigenvalue weighted by Crippen LogP contribution is -2.40. The monoisotopic (exact) mass is 485 g/mol. The molecule has 2 aliphatic carbocycles. The van der Waals surface area contributed by atoms with Crippen molar-refractivity contribution in [1.82, 2.24) is 15.5 Å². The summed E-state index contributed by atoms with van der Waals surface area (Å²) >= 11 is 0. The number of carbonyl (C=O) groups excluding carboxylic acids is 2. The van der Waals surface area contributed by atoms with Gasteiger partial charge in [0.15, 0.2) is 0 Å². The van der Waals surface area contributed by atoms with E-state index in [1.54, 1.807) is 0 Å². The predicted octanol–water partition coefficient (Wildman–Crippen LogP) is 5.73. The number of nitrogens with zero attached hydrogens (tertiary/aromatic N) is 1. The molecule has 0 aromatic heterocycles. The van der Waals surface area contributed by atoms with Crippen LogP contribution in [0.2, 0.25) is 0 Å². The van der Waals surface area contributed by atoms with E-state index in [4.69, 9.17) is 0 Å². The number of nitrogens with one attached hydrogen (secondary N) is 2. The molecule has 2 saturated carbocycles. The van der Waals surface area contributed by atoms with E-state index in [1.165, 1.54) is 69.8 Å². The Hall–Kier alpha value is -1.88. The van der Waals surface area contributed by atoms with Gasteiger partial charge in [-0.25, -0.2) is 0 Å². The van der Waals surface area contributed by atoms with Crippen molar-refractivity contribution in [3.8, 4) is 0 Å². The van der Waals surface area contributed by atoms with Crippen molar-refractivity contribution in [3.63, 3.8) is 0 Å². The third-order valence-electron chi connectivity index (χ3n) is 7.69. The molecule has 1 aliphatic heterocycles. The van der Waals surface area contributed by atoms with Crippen LogP contribution in [0, 0.1) is 11.8 Å². The number of benzene rings is 1. The molecule has 3 aliphatic rings. The van der Waals surface area contributed by atoms with Crippen molar-refractivity contribution < 1.29 is 9.59 Å². The number of hydrogen-bond donors (Lipinski definition) is 2. The van der Waals surface area contributed by atoms with Crippen LogP contribution in [0.4, 0.5) is 0 Å². The van der Waals surface area contributed by atoms with E-state index in [0.717, 1.165) is 57.1 Å². The second-order valence-corrected chi connectivity index (χ2v) is 10.8. The molecule has 0 radical (unpaired) electrons. The highest BCUT2D eigenvalue weighted by molar-refractivity contribution is 5.78. The molecule has 0 bridgehead atoms. The third-order valence-corrected chi connectivity index (χ3v) is 7.69. The normalized spacial score (nSPS) is 20.7. The summed E-state index contributed by atoms with van der Waals surface area (Å²) in [5, 5.41) is 5.98. The Bertz CT molecular complexity index is 669. The first-order valence-electron chi connectivity index (χ1n) is 14.3. The van der Waals surface area contributed by atoms with E-state index in [0.29, 0.717) is 12.6 Å². The Kier molecular flexibility index (Phi) is 15.4. The first-order valence-corrected chi connectivity index (χ1v) is 14.3. The molecular weight excluding hydrogens is 434 g/mol. The molecule has 1 atom stereocenters. The Morgan fingerprint density at radius 3 is 2.11 bits per heavy atom. The fraction of sp³-hybridized carbons (Fsp3) is 0.733. The SMILES string of the molecule is CC1CCCCC1.CC1CCCN1C(=O)CNCCc1ccccc1.O=CNCC1CCCCC1. The van der Waals surface area contributed by atoms with E-state index >= 15 is 0 Å². The summed E-state index contributed by atoms with van der Waals surface area (Å²) in [7, 11) is 0. The zero-order valence-corrected chi connectivity index (χ0v) is 22.5. The van der Waals surface area contributed by atoms with Gasteiger partial charge in [-0.3, -0.25) is 9.59 Å². The fourth-order valence-corrected chi connectivity index (χ4v) is 5.39. The number of amides is 2. The molecule has 0 spiro atoms. The average molecular weight is 486 g/mol. The Morgan fingerprint density at radius 1 is 0.914 bits per heavy atom. The molecule has 4 rings (SSSR count). The van der Waals surface area contributed by atoms with Crippen molar-refractivity contribution in [1.29, 1.82) is 0 Å². The average Bonchev–Trinajstić information content (AvgIpc) is 3.34. The van der Waals surface area contributed by atoms with Crippen LogP contribution in [0.1, 0.15) is 96.5 Å². The molecule has 1 saturated heterocycles. The molecule has 1 heterocycles. The minimum atomic E-state index is 0.244. The van der Waals surface area contributed by atoms with Crippen LogP contribution < -0.4 is 10.6 Å². The summed E-state index contributed by atoms with van der Waals surface area (Å²) in [6.45, 7) is 7.65. The van der Waals surface area contributed by atoms with E-state index in [1.807, 2.05) is 23.1 Å². The zero-order chi connectivity index (χ0) is 25.1. The molecule has 198 valence electrons. The van der Waals surface area contributed by atoms with Crippen molar-refractivity contribution in [3.05, 3.63) is 35.9 Å². The summed E-state index contributed by atoms with van der Waals surface area (Å²) in [5.41, 5.74) is 1.31. The highest BCUT2D eigenvalue weighted by Gasteiger charge is 2.24. The van der Waals surface area contributed by atoms with Crippen LogP contribution in [-0.2, 0) is 16.0 Å². The highest BCUT2D eigenvalue weighted by Crippen LogP contribution is 2.23. The first kappa shape index (κ1) is 29.4. The molecule has 2 amide bonds. The van der Waals surface area contributed by atoms with Crippen LogP contribution in [0.3, 0.4) is 0 Å². The van der Waals surface area contributed by atoms with E-state index in [2.05, 4.69) is 36.6 Å². The zero-order valence-electron chi connectivity index (χ0n) is 22.5. The fourth-order valence-electron chi connectivity index (χ4n) is 5.39. The van der Waals surface area contributed by atoms with Gasteiger partial charge < -0.3 is 15.5 Å². The van der Waals surface area contributed by atoms with Gasteiger partial charge in [-0.1, -0.05) is 88.6 Å². The molecule has 35 heavy (non-hydrogen) atoms. The van der Waals surface area contributed by atoms with Gasteiger partial charge in [0, 0.05) is 19.1 Å². The largest absolute Gasteiger partial charge is 0.358 e. The topological polar surface area (TPSA) is 61.4 Å². The second-order valence-electron chi connectivity index (χ2n) is 10.8. The van der Waals surface area contributed by atoms with Crippen molar-refractivity contribution in [2.24, 2.45) is 11.8 Å². The van der Waals surface area contributed by atoms with Crippen LogP contribution in [0.15, 0.2) is 30.3 Å². The van der Waals surface area contributed by atoms with Crippen molar-refractivity contribution in [2.45, 2.75) is 103 Å². The molecule has 5 nitrogen and oxygen atoms in total. The summed E-state index contributed by atoms with van der Waals surface area (Å²) in [5.74, 6) is 2.04. The standard InChI is InChI=1S/C15H22N2O.C8H15NO.C7H14/c1-13-6-5-11-17(13)15(18)12-16-10-9-14-7-3-2-4-8-14;10-7-9-6-8-4-2-1-3-5-8;1-7-5-3-2-4-6-7/h2-4,7-8,13,16H,5-6,9-12H2,1H3;7-8H,1-6H2,(H,9,10);7H,2-6H2,1H3. The molecule has 5 heteroatoms. The minimum absolute atomic E-state index is 0.244. The van der Waals surface area contributed by atoms with E-state index < -0.39 is 0 Å². The summed E-state index contributed by atoms with van der Waals surface area (Å²) in [6, 6.07) is 10.8. The van der Waals surface area contributed by atoms with Crippen LogP contribution in [0.25, 0.3) is 0 Å². The number of hydrogen-bond acceptors (Lipinski definition) is 3. The predicted molar refractivity (Wildman–Crippen MR) is 146 cm³/mol. The summed E-state index contributed by atoms with van der Waals surface area (Å²) < 4.78 is 0. The Labute approximate surface area is 214 Å². The second kappa shape index (κ2) is 18.4. The van der Waals surface area contributed by atoms with Crippen molar-refractivity contribution in [2.75, 3.05) is 26.2 Å². The van der Waals surface area contributed by atoms with Gasteiger partial charge in [-0.2, -0.15) is 0 Å². The lowest BCUT2D eigenvalue weighted by atomic mass is 9.89. The molecular formula is C30H51N3O2. The van der Waals surface area contributed by atoms with Gasteiger partial charge in [-0.05, 0) is 63.0 Å². The maximum atomic E-state index is 11.9. The first-order chi connectivity index (χ1) is 17.1. The number of carbonyl (C=O) groups is 2. The van der Waals surface area contributed by atoms with Gasteiger partial charge in [0.1, 0.15) is 0 Å².